The molecule has 2 N–H and O–H groups in total. The van der Waals surface area contributed by atoms with Crippen LogP contribution in [0, 0.1) is 6.92 Å². The number of aromatic nitrogens is 3. The second kappa shape index (κ2) is 8.10. The van der Waals surface area contributed by atoms with Gasteiger partial charge in [0.25, 0.3) is 0 Å². The number of ether oxygens (including phenoxy) is 2. The zero-order valence-corrected chi connectivity index (χ0v) is 16.5. The number of nitrogens with one attached hydrogen (secondary N) is 2. The fraction of sp³-hybridized carbons (Fsp3) is 0.444. The minimum absolute atomic E-state index is 0.0196. The maximum atomic E-state index is 13.3. The van der Waals surface area contributed by atoms with Gasteiger partial charge in [-0.3, -0.25) is 10.4 Å². The second-order valence-electron chi connectivity index (χ2n) is 7.05. The third-order valence-corrected chi connectivity index (χ3v) is 3.52. The van der Waals surface area contributed by atoms with E-state index in [0.29, 0.717) is 5.56 Å². The summed E-state index contributed by atoms with van der Waals surface area (Å²) in [6, 6.07) is 1.30. The van der Waals surface area contributed by atoms with Crippen molar-refractivity contribution in [1.82, 2.24) is 15.2 Å². The quantitative estimate of drug-likeness (QED) is 0.722. The average molecular weight is 414 g/mol. The van der Waals surface area contributed by atoms with Crippen LogP contribution < -0.4 is 5.32 Å². The molecule has 0 bridgehead atoms. The van der Waals surface area contributed by atoms with Gasteiger partial charge in [0.15, 0.2) is 5.69 Å². The highest BCUT2D eigenvalue weighted by Gasteiger charge is 2.40. The van der Waals surface area contributed by atoms with Crippen LogP contribution in [0.15, 0.2) is 12.3 Å². The topological polar surface area (TPSA) is 106 Å². The molecule has 0 aromatic carbocycles. The number of aryl methyl sites for hydroxylation is 1. The number of pyridine rings is 1. The Morgan fingerprint density at radius 3 is 2.45 bits per heavy atom. The first-order valence-corrected chi connectivity index (χ1v) is 8.63. The lowest BCUT2D eigenvalue weighted by molar-refractivity contribution is -0.141. The molecule has 29 heavy (non-hydrogen) atoms. The molecule has 0 aliphatic rings. The van der Waals surface area contributed by atoms with Crippen LogP contribution in [-0.2, 0) is 15.7 Å². The van der Waals surface area contributed by atoms with Crippen molar-refractivity contribution in [3.05, 3.63) is 29.1 Å². The number of halogens is 3. The lowest BCUT2D eigenvalue weighted by Crippen LogP contribution is -2.27. The summed E-state index contributed by atoms with van der Waals surface area (Å²) >= 11 is 0. The minimum Gasteiger partial charge on any atom is -0.462 e. The van der Waals surface area contributed by atoms with Crippen LogP contribution >= 0.6 is 0 Å². The van der Waals surface area contributed by atoms with E-state index in [0.717, 1.165) is 0 Å². The Kier molecular flexibility index (Phi) is 6.19. The number of hydrogen-bond donors (Lipinski definition) is 2. The number of rotatable bonds is 4. The summed E-state index contributed by atoms with van der Waals surface area (Å²) in [5.41, 5.74) is -2.46. The largest absolute Gasteiger partial charge is 0.462 e. The zero-order valence-electron chi connectivity index (χ0n) is 16.5. The van der Waals surface area contributed by atoms with E-state index in [1.807, 2.05) is 5.10 Å². The van der Waals surface area contributed by atoms with Crippen molar-refractivity contribution in [2.24, 2.45) is 0 Å². The molecule has 0 radical (unpaired) electrons. The lowest BCUT2D eigenvalue weighted by atomic mass is 10.0. The van der Waals surface area contributed by atoms with E-state index >= 15 is 0 Å². The number of anilines is 1. The number of carbonyl (C=O) groups excluding carboxylic acids is 2. The van der Waals surface area contributed by atoms with Crippen molar-refractivity contribution in [2.75, 3.05) is 11.9 Å². The molecule has 2 rings (SSSR count). The van der Waals surface area contributed by atoms with E-state index in [2.05, 4.69) is 15.4 Å². The van der Waals surface area contributed by atoms with Gasteiger partial charge in [-0.1, -0.05) is 0 Å². The Labute approximate surface area is 164 Å². The van der Waals surface area contributed by atoms with Crippen LogP contribution in [-0.4, -0.2) is 39.5 Å². The van der Waals surface area contributed by atoms with Crippen molar-refractivity contribution < 1.29 is 32.2 Å². The van der Waals surface area contributed by atoms with Crippen molar-refractivity contribution in [3.63, 3.8) is 0 Å². The summed E-state index contributed by atoms with van der Waals surface area (Å²) in [7, 11) is 0. The first-order chi connectivity index (χ1) is 13.3. The molecule has 1 amide bonds. The minimum atomic E-state index is -4.84. The molecular formula is C18H21F3N4O4. The van der Waals surface area contributed by atoms with Crippen LogP contribution in [0.1, 0.15) is 49.3 Å². The third kappa shape index (κ3) is 5.46. The molecule has 2 heterocycles. The van der Waals surface area contributed by atoms with Gasteiger partial charge in [-0.2, -0.15) is 18.3 Å². The summed E-state index contributed by atoms with van der Waals surface area (Å²) < 4.78 is 49.9. The summed E-state index contributed by atoms with van der Waals surface area (Å²) in [5, 5.41) is 7.94. The molecular weight excluding hydrogens is 393 g/mol. The maximum Gasteiger partial charge on any atom is 0.433 e. The van der Waals surface area contributed by atoms with E-state index < -0.39 is 35.1 Å². The molecule has 8 nitrogen and oxygen atoms in total. The molecule has 2 aromatic rings. The van der Waals surface area contributed by atoms with Gasteiger partial charge in [0.2, 0.25) is 0 Å². The molecule has 0 spiro atoms. The molecule has 0 atom stereocenters. The number of alkyl halides is 3. The number of H-pyrrole nitrogens is 1. The van der Waals surface area contributed by atoms with E-state index in [1.165, 1.54) is 19.2 Å². The van der Waals surface area contributed by atoms with Crippen LogP contribution in [0.25, 0.3) is 11.3 Å². The SMILES string of the molecule is CCOC(=O)c1c(-c2cc(NC(=O)OC(C)(C)C)ncc2C)n[nH]c1C(F)(F)F. The summed E-state index contributed by atoms with van der Waals surface area (Å²) in [6.07, 6.45) is -4.30. The van der Waals surface area contributed by atoms with E-state index in [4.69, 9.17) is 9.47 Å². The third-order valence-electron chi connectivity index (χ3n) is 3.52. The predicted molar refractivity (Wildman–Crippen MR) is 97.4 cm³/mol. The molecule has 11 heteroatoms. The Hall–Kier alpha value is -3.11. The fourth-order valence-electron chi connectivity index (χ4n) is 2.40. The molecule has 0 saturated heterocycles. The zero-order chi connectivity index (χ0) is 22.0. The average Bonchev–Trinajstić information content (AvgIpc) is 3.00. The normalized spacial score (nSPS) is 11.9. The first kappa shape index (κ1) is 22.2. The van der Waals surface area contributed by atoms with Crippen LogP contribution in [0.3, 0.4) is 0 Å². The first-order valence-electron chi connectivity index (χ1n) is 8.63. The van der Waals surface area contributed by atoms with Crippen LogP contribution in [0.4, 0.5) is 23.8 Å². The van der Waals surface area contributed by atoms with Gasteiger partial charge in [0.1, 0.15) is 22.7 Å². The molecule has 0 saturated carbocycles. The number of carbonyl (C=O) groups is 2. The molecule has 0 unspecified atom stereocenters. The van der Waals surface area contributed by atoms with Crippen molar-refractivity contribution in [3.8, 4) is 11.3 Å². The van der Waals surface area contributed by atoms with Crippen LogP contribution in [0.2, 0.25) is 0 Å². The number of amides is 1. The van der Waals surface area contributed by atoms with E-state index in [9.17, 15) is 22.8 Å². The number of esters is 1. The van der Waals surface area contributed by atoms with Gasteiger partial charge < -0.3 is 9.47 Å². The Balaban J connectivity index is 2.50. The monoisotopic (exact) mass is 414 g/mol. The summed E-state index contributed by atoms with van der Waals surface area (Å²) in [5.74, 6) is -1.15. The van der Waals surface area contributed by atoms with E-state index in [-0.39, 0.29) is 23.7 Å². The van der Waals surface area contributed by atoms with Gasteiger partial charge in [-0.15, -0.1) is 0 Å². The highest BCUT2D eigenvalue weighted by atomic mass is 19.4. The summed E-state index contributed by atoms with van der Waals surface area (Å²) in [4.78, 5) is 28.2. The van der Waals surface area contributed by atoms with Gasteiger partial charge in [-0.25, -0.2) is 14.6 Å². The van der Waals surface area contributed by atoms with Crippen molar-refractivity contribution in [2.45, 2.75) is 46.4 Å². The standard InChI is InChI=1S/C18H21F3N4O4/c1-6-28-15(26)12-13(24-25-14(12)18(19,20)21)10-7-11(22-8-9(10)2)23-16(27)29-17(3,4)5/h7-8H,6H2,1-5H3,(H,24,25)(H,22,23,27). The van der Waals surface area contributed by atoms with Gasteiger partial charge in [0, 0.05) is 11.8 Å². The molecule has 2 aromatic heterocycles. The Bertz CT molecular complexity index is 917. The van der Waals surface area contributed by atoms with Crippen molar-refractivity contribution in [1.29, 1.82) is 0 Å². The second-order valence-corrected chi connectivity index (χ2v) is 7.05. The highest BCUT2D eigenvalue weighted by molar-refractivity contribution is 5.98. The fourth-order valence-corrected chi connectivity index (χ4v) is 2.40. The highest BCUT2D eigenvalue weighted by Crippen LogP contribution is 2.36. The molecule has 0 aliphatic carbocycles. The van der Waals surface area contributed by atoms with Gasteiger partial charge in [-0.05, 0) is 46.2 Å². The molecule has 0 fully saturated rings. The summed E-state index contributed by atoms with van der Waals surface area (Å²) in [6.45, 7) is 7.97. The molecule has 0 aliphatic heterocycles. The predicted octanol–water partition coefficient (Wildman–Crippen LogP) is 4.32. The smallest absolute Gasteiger partial charge is 0.433 e. The van der Waals surface area contributed by atoms with E-state index in [1.54, 1.807) is 27.7 Å². The Morgan fingerprint density at radius 2 is 1.90 bits per heavy atom. The number of aromatic amines is 1. The van der Waals surface area contributed by atoms with Crippen molar-refractivity contribution >= 4 is 17.9 Å². The maximum absolute atomic E-state index is 13.3. The number of hydrogen-bond acceptors (Lipinski definition) is 6. The van der Waals surface area contributed by atoms with Crippen LogP contribution in [0.5, 0.6) is 0 Å². The molecule has 158 valence electrons. The number of nitrogens with zero attached hydrogens (tertiary/aromatic N) is 2. The van der Waals surface area contributed by atoms with Gasteiger partial charge >= 0.3 is 18.2 Å². The van der Waals surface area contributed by atoms with Gasteiger partial charge in [0.05, 0.1) is 6.61 Å². The Morgan fingerprint density at radius 1 is 1.24 bits per heavy atom. The lowest BCUT2D eigenvalue weighted by Gasteiger charge is -2.19.